The van der Waals surface area contributed by atoms with Gasteiger partial charge in [-0.2, -0.15) is 0 Å². The quantitative estimate of drug-likeness (QED) is 0.774. The van der Waals surface area contributed by atoms with Gasteiger partial charge in [0.2, 0.25) is 0 Å². The first-order valence-electron chi connectivity index (χ1n) is 7.90. The molecular weight excluding hydrogens is 375 g/mol. The molecule has 3 rings (SSSR count). The zero-order valence-corrected chi connectivity index (χ0v) is 14.7. The molecule has 126 valence electrons. The number of ether oxygens (including phenoxy) is 1. The number of halogens is 2. The number of rotatable bonds is 5. The SMILES string of the molecule is O=C(c1cncc(Br)c1)N1CCC(CCOc2ccccc2F)C1. The van der Waals surface area contributed by atoms with Gasteiger partial charge in [-0.25, -0.2) is 4.39 Å². The van der Waals surface area contributed by atoms with E-state index in [-0.39, 0.29) is 17.5 Å². The van der Waals surface area contributed by atoms with Crippen LogP contribution in [-0.2, 0) is 0 Å². The van der Waals surface area contributed by atoms with Gasteiger partial charge in [-0.3, -0.25) is 9.78 Å². The van der Waals surface area contributed by atoms with Gasteiger partial charge in [0.05, 0.1) is 12.2 Å². The molecule has 6 heteroatoms. The summed E-state index contributed by atoms with van der Waals surface area (Å²) in [5.41, 5.74) is 0.590. The van der Waals surface area contributed by atoms with E-state index in [1.807, 2.05) is 4.90 Å². The third kappa shape index (κ3) is 4.12. The smallest absolute Gasteiger partial charge is 0.255 e. The van der Waals surface area contributed by atoms with Gasteiger partial charge in [-0.05, 0) is 52.9 Å². The average molecular weight is 393 g/mol. The Morgan fingerprint density at radius 3 is 3.00 bits per heavy atom. The number of nitrogens with zero attached hydrogens (tertiary/aromatic N) is 2. The lowest BCUT2D eigenvalue weighted by atomic mass is 10.1. The first-order valence-corrected chi connectivity index (χ1v) is 8.70. The minimum atomic E-state index is -0.345. The Bertz CT molecular complexity index is 726. The Morgan fingerprint density at radius 1 is 1.38 bits per heavy atom. The highest BCUT2D eigenvalue weighted by Gasteiger charge is 2.27. The van der Waals surface area contributed by atoms with Crippen LogP contribution in [0.4, 0.5) is 4.39 Å². The van der Waals surface area contributed by atoms with Crippen molar-refractivity contribution in [2.24, 2.45) is 5.92 Å². The topological polar surface area (TPSA) is 42.4 Å². The van der Waals surface area contributed by atoms with Crippen LogP contribution >= 0.6 is 15.9 Å². The molecule has 2 heterocycles. The second-order valence-corrected chi connectivity index (χ2v) is 6.78. The van der Waals surface area contributed by atoms with E-state index >= 15 is 0 Å². The molecule has 1 atom stereocenters. The van der Waals surface area contributed by atoms with Crippen LogP contribution in [-0.4, -0.2) is 35.5 Å². The lowest BCUT2D eigenvalue weighted by Gasteiger charge is -2.16. The van der Waals surface area contributed by atoms with Crippen molar-refractivity contribution in [3.8, 4) is 5.75 Å². The number of pyridine rings is 1. The van der Waals surface area contributed by atoms with E-state index in [4.69, 9.17) is 4.74 Å². The third-order valence-corrected chi connectivity index (χ3v) is 4.58. The summed E-state index contributed by atoms with van der Waals surface area (Å²) in [6.07, 6.45) is 4.98. The van der Waals surface area contributed by atoms with Gasteiger partial charge < -0.3 is 9.64 Å². The molecule has 1 aliphatic heterocycles. The second kappa shape index (κ2) is 7.75. The van der Waals surface area contributed by atoms with Crippen molar-refractivity contribution < 1.29 is 13.9 Å². The van der Waals surface area contributed by atoms with Gasteiger partial charge in [0, 0.05) is 30.0 Å². The lowest BCUT2D eigenvalue weighted by Crippen LogP contribution is -2.29. The van der Waals surface area contributed by atoms with Gasteiger partial charge in [-0.15, -0.1) is 0 Å². The van der Waals surface area contributed by atoms with Gasteiger partial charge >= 0.3 is 0 Å². The van der Waals surface area contributed by atoms with Crippen LogP contribution in [0.1, 0.15) is 23.2 Å². The number of hydrogen-bond donors (Lipinski definition) is 0. The predicted octanol–water partition coefficient (Wildman–Crippen LogP) is 3.91. The number of hydrogen-bond acceptors (Lipinski definition) is 3. The van der Waals surface area contributed by atoms with Crippen LogP contribution in [0.2, 0.25) is 0 Å². The van der Waals surface area contributed by atoms with Crippen molar-refractivity contribution in [2.75, 3.05) is 19.7 Å². The molecule has 1 amide bonds. The average Bonchev–Trinajstić information content (AvgIpc) is 3.05. The van der Waals surface area contributed by atoms with E-state index in [0.717, 1.165) is 23.9 Å². The van der Waals surface area contributed by atoms with Crippen LogP contribution < -0.4 is 4.74 Å². The van der Waals surface area contributed by atoms with E-state index < -0.39 is 0 Å². The van der Waals surface area contributed by atoms with Crippen molar-refractivity contribution in [3.05, 3.63) is 58.6 Å². The van der Waals surface area contributed by atoms with Crippen molar-refractivity contribution in [3.63, 3.8) is 0 Å². The number of para-hydroxylation sites is 1. The van der Waals surface area contributed by atoms with Crippen molar-refractivity contribution in [1.29, 1.82) is 0 Å². The molecule has 0 bridgehead atoms. The fourth-order valence-corrected chi connectivity index (χ4v) is 3.23. The molecule has 0 radical (unpaired) electrons. The highest BCUT2D eigenvalue weighted by Crippen LogP contribution is 2.23. The first-order chi connectivity index (χ1) is 11.6. The zero-order valence-electron chi connectivity index (χ0n) is 13.1. The molecule has 1 saturated heterocycles. The van der Waals surface area contributed by atoms with E-state index in [9.17, 15) is 9.18 Å². The summed E-state index contributed by atoms with van der Waals surface area (Å²) < 4.78 is 19.8. The zero-order chi connectivity index (χ0) is 16.9. The monoisotopic (exact) mass is 392 g/mol. The van der Waals surface area contributed by atoms with Gasteiger partial charge in [0.15, 0.2) is 11.6 Å². The fourth-order valence-electron chi connectivity index (χ4n) is 2.86. The van der Waals surface area contributed by atoms with E-state index in [1.165, 1.54) is 6.07 Å². The number of amides is 1. The number of benzene rings is 1. The number of carbonyl (C=O) groups excluding carboxylic acids is 1. The summed E-state index contributed by atoms with van der Waals surface area (Å²) in [5, 5.41) is 0. The molecule has 24 heavy (non-hydrogen) atoms. The molecular formula is C18H18BrFN2O2. The largest absolute Gasteiger partial charge is 0.491 e. The molecule has 1 aromatic carbocycles. The standard InChI is InChI=1S/C18H18BrFN2O2/c19-15-9-14(10-21-11-15)18(23)22-7-5-13(12-22)6-8-24-17-4-2-1-3-16(17)20/h1-4,9-11,13H,5-8,12H2. The molecule has 2 aromatic rings. The van der Waals surface area contributed by atoms with Crippen molar-refractivity contribution in [1.82, 2.24) is 9.88 Å². The van der Waals surface area contributed by atoms with Crippen LogP contribution in [0.3, 0.4) is 0 Å². The summed E-state index contributed by atoms with van der Waals surface area (Å²) in [5.74, 6) is 0.314. The predicted molar refractivity (Wildman–Crippen MR) is 92.5 cm³/mol. The van der Waals surface area contributed by atoms with E-state index in [1.54, 1.807) is 36.7 Å². The van der Waals surface area contributed by atoms with Gasteiger partial charge in [-0.1, -0.05) is 12.1 Å². The maximum atomic E-state index is 13.5. The Labute approximate surface area is 148 Å². The Kier molecular flexibility index (Phi) is 5.45. The van der Waals surface area contributed by atoms with Crippen LogP contribution in [0.25, 0.3) is 0 Å². The van der Waals surface area contributed by atoms with Crippen LogP contribution in [0.5, 0.6) is 5.75 Å². The Hall–Kier alpha value is -1.95. The normalized spacial score (nSPS) is 17.1. The van der Waals surface area contributed by atoms with Gasteiger partial charge in [0.1, 0.15) is 0 Å². The highest BCUT2D eigenvalue weighted by molar-refractivity contribution is 9.10. The van der Waals surface area contributed by atoms with Crippen molar-refractivity contribution in [2.45, 2.75) is 12.8 Å². The summed E-state index contributed by atoms with van der Waals surface area (Å²) in [4.78, 5) is 18.4. The van der Waals surface area contributed by atoms with Crippen LogP contribution in [0.15, 0.2) is 47.2 Å². The molecule has 0 N–H and O–H groups in total. The third-order valence-electron chi connectivity index (χ3n) is 4.15. The fraction of sp³-hybridized carbons (Fsp3) is 0.333. The molecule has 0 saturated carbocycles. The minimum absolute atomic E-state index is 0.00122. The van der Waals surface area contributed by atoms with Gasteiger partial charge in [0.25, 0.3) is 5.91 Å². The molecule has 1 fully saturated rings. The van der Waals surface area contributed by atoms with E-state index in [0.29, 0.717) is 24.6 Å². The summed E-state index contributed by atoms with van der Waals surface area (Å²) in [6, 6.07) is 8.18. The summed E-state index contributed by atoms with van der Waals surface area (Å²) in [7, 11) is 0. The van der Waals surface area contributed by atoms with Crippen molar-refractivity contribution >= 4 is 21.8 Å². The summed E-state index contributed by atoms with van der Waals surface area (Å²) >= 11 is 3.33. The molecule has 4 nitrogen and oxygen atoms in total. The minimum Gasteiger partial charge on any atom is -0.491 e. The molecule has 0 spiro atoms. The molecule has 0 aliphatic carbocycles. The number of aromatic nitrogens is 1. The molecule has 1 aromatic heterocycles. The number of likely N-dealkylation sites (tertiary alicyclic amines) is 1. The highest BCUT2D eigenvalue weighted by atomic mass is 79.9. The molecule has 1 aliphatic rings. The van der Waals surface area contributed by atoms with E-state index in [2.05, 4.69) is 20.9 Å². The van der Waals surface area contributed by atoms with Crippen LogP contribution in [0, 0.1) is 11.7 Å². The Balaban J connectivity index is 1.49. The second-order valence-electron chi connectivity index (χ2n) is 5.87. The molecule has 1 unspecified atom stereocenters. The Morgan fingerprint density at radius 2 is 2.21 bits per heavy atom. The maximum absolute atomic E-state index is 13.5. The lowest BCUT2D eigenvalue weighted by molar-refractivity contribution is 0.0784. The first kappa shape index (κ1) is 16.9. The maximum Gasteiger partial charge on any atom is 0.255 e. The summed E-state index contributed by atoms with van der Waals surface area (Å²) in [6.45, 7) is 1.88. The number of carbonyl (C=O) groups is 1.